The lowest BCUT2D eigenvalue weighted by atomic mass is 10.2. The summed E-state index contributed by atoms with van der Waals surface area (Å²) in [5, 5.41) is 5.99. The smallest absolute Gasteiger partial charge is 0.149 e. The SMILES string of the molecule is Fc1cccc(F)c1NC1CCNC1. The molecule has 0 saturated carbocycles. The molecular weight excluding hydrogens is 186 g/mol. The second-order valence-electron chi connectivity index (χ2n) is 3.43. The highest BCUT2D eigenvalue weighted by molar-refractivity contribution is 5.47. The van der Waals surface area contributed by atoms with E-state index in [1.54, 1.807) is 0 Å². The first-order valence-corrected chi connectivity index (χ1v) is 4.68. The molecule has 1 aromatic rings. The van der Waals surface area contributed by atoms with E-state index in [9.17, 15) is 8.78 Å². The lowest BCUT2D eigenvalue weighted by Gasteiger charge is -2.13. The number of halogens is 2. The molecule has 2 N–H and O–H groups in total. The molecule has 2 rings (SSSR count). The average Bonchev–Trinajstić information content (AvgIpc) is 2.64. The zero-order chi connectivity index (χ0) is 9.97. The van der Waals surface area contributed by atoms with Crippen LogP contribution in [0.5, 0.6) is 0 Å². The minimum absolute atomic E-state index is 0.0128. The minimum Gasteiger partial charge on any atom is -0.376 e. The molecule has 1 unspecified atom stereocenters. The fourth-order valence-electron chi connectivity index (χ4n) is 1.62. The Labute approximate surface area is 81.3 Å². The molecule has 76 valence electrons. The number of para-hydroxylation sites is 1. The van der Waals surface area contributed by atoms with Crippen molar-refractivity contribution in [1.82, 2.24) is 5.32 Å². The van der Waals surface area contributed by atoms with Gasteiger partial charge < -0.3 is 10.6 Å². The van der Waals surface area contributed by atoms with Crippen LogP contribution in [0.3, 0.4) is 0 Å². The molecule has 1 aliphatic heterocycles. The van der Waals surface area contributed by atoms with Crippen LogP contribution in [0, 0.1) is 11.6 Å². The fourth-order valence-corrected chi connectivity index (χ4v) is 1.62. The van der Waals surface area contributed by atoms with E-state index < -0.39 is 11.6 Å². The van der Waals surface area contributed by atoms with Crippen molar-refractivity contribution in [2.24, 2.45) is 0 Å². The van der Waals surface area contributed by atoms with Gasteiger partial charge in [-0.3, -0.25) is 0 Å². The number of anilines is 1. The summed E-state index contributed by atoms with van der Waals surface area (Å²) in [6.45, 7) is 1.65. The topological polar surface area (TPSA) is 24.1 Å². The standard InChI is InChI=1S/C10H12F2N2/c11-8-2-1-3-9(12)10(8)14-7-4-5-13-6-7/h1-3,7,13-14H,4-6H2. The molecule has 0 bridgehead atoms. The molecule has 0 aliphatic carbocycles. The van der Waals surface area contributed by atoms with Crippen LogP contribution in [0.15, 0.2) is 18.2 Å². The van der Waals surface area contributed by atoms with Gasteiger partial charge in [-0.15, -0.1) is 0 Å². The van der Waals surface area contributed by atoms with Gasteiger partial charge in [-0.1, -0.05) is 6.07 Å². The van der Waals surface area contributed by atoms with Crippen molar-refractivity contribution >= 4 is 5.69 Å². The number of nitrogens with one attached hydrogen (secondary N) is 2. The third kappa shape index (κ3) is 1.85. The van der Waals surface area contributed by atoms with Crippen molar-refractivity contribution in [2.75, 3.05) is 18.4 Å². The molecule has 0 spiro atoms. The van der Waals surface area contributed by atoms with Crippen molar-refractivity contribution in [3.8, 4) is 0 Å². The number of hydrogen-bond donors (Lipinski definition) is 2. The van der Waals surface area contributed by atoms with Crippen molar-refractivity contribution in [1.29, 1.82) is 0 Å². The van der Waals surface area contributed by atoms with Gasteiger partial charge in [-0.2, -0.15) is 0 Å². The Balaban J connectivity index is 2.14. The van der Waals surface area contributed by atoms with Crippen LogP contribution in [-0.4, -0.2) is 19.1 Å². The minimum atomic E-state index is -0.531. The molecule has 0 radical (unpaired) electrons. The van der Waals surface area contributed by atoms with Crippen LogP contribution < -0.4 is 10.6 Å². The normalized spacial score (nSPS) is 21.1. The predicted molar refractivity (Wildman–Crippen MR) is 51.3 cm³/mol. The Morgan fingerprint density at radius 2 is 2.00 bits per heavy atom. The summed E-state index contributed by atoms with van der Waals surface area (Å²) in [5.41, 5.74) is -0.0128. The van der Waals surface area contributed by atoms with Gasteiger partial charge in [-0.05, 0) is 25.1 Å². The summed E-state index contributed by atoms with van der Waals surface area (Å²) in [6, 6.07) is 4.01. The molecule has 1 fully saturated rings. The maximum absolute atomic E-state index is 13.2. The number of hydrogen-bond acceptors (Lipinski definition) is 2. The fraction of sp³-hybridized carbons (Fsp3) is 0.400. The highest BCUT2D eigenvalue weighted by atomic mass is 19.1. The third-order valence-electron chi connectivity index (χ3n) is 2.37. The summed E-state index contributed by atoms with van der Waals surface area (Å²) in [6.07, 6.45) is 0.897. The summed E-state index contributed by atoms with van der Waals surface area (Å²) < 4.78 is 26.4. The molecule has 1 saturated heterocycles. The Bertz CT molecular complexity index is 302. The van der Waals surface area contributed by atoms with E-state index in [1.165, 1.54) is 18.2 Å². The van der Waals surface area contributed by atoms with E-state index in [0.29, 0.717) is 0 Å². The molecule has 0 aromatic heterocycles. The lowest BCUT2D eigenvalue weighted by molar-refractivity contribution is 0.583. The van der Waals surface area contributed by atoms with Gasteiger partial charge in [0.15, 0.2) is 0 Å². The van der Waals surface area contributed by atoms with Crippen LogP contribution in [0.4, 0.5) is 14.5 Å². The Morgan fingerprint density at radius 1 is 1.29 bits per heavy atom. The van der Waals surface area contributed by atoms with Crippen molar-refractivity contribution in [3.63, 3.8) is 0 Å². The third-order valence-corrected chi connectivity index (χ3v) is 2.37. The van der Waals surface area contributed by atoms with Gasteiger partial charge in [-0.25, -0.2) is 8.78 Å². The summed E-state index contributed by atoms with van der Waals surface area (Å²) in [5.74, 6) is -1.06. The first-order valence-electron chi connectivity index (χ1n) is 4.68. The maximum atomic E-state index is 13.2. The van der Waals surface area contributed by atoms with Crippen LogP contribution in [0.2, 0.25) is 0 Å². The van der Waals surface area contributed by atoms with E-state index in [-0.39, 0.29) is 11.7 Å². The van der Waals surface area contributed by atoms with Crippen LogP contribution in [0.1, 0.15) is 6.42 Å². The summed E-state index contributed by atoms with van der Waals surface area (Å²) in [7, 11) is 0. The highest BCUT2D eigenvalue weighted by Gasteiger charge is 2.17. The largest absolute Gasteiger partial charge is 0.376 e. The van der Waals surface area contributed by atoms with E-state index in [2.05, 4.69) is 10.6 Å². The number of benzene rings is 1. The van der Waals surface area contributed by atoms with E-state index in [1.807, 2.05) is 0 Å². The molecule has 4 heteroatoms. The van der Waals surface area contributed by atoms with Gasteiger partial charge in [0.2, 0.25) is 0 Å². The van der Waals surface area contributed by atoms with Gasteiger partial charge in [0, 0.05) is 12.6 Å². The van der Waals surface area contributed by atoms with Gasteiger partial charge in [0.1, 0.15) is 17.3 Å². The number of rotatable bonds is 2. The van der Waals surface area contributed by atoms with Crippen LogP contribution in [-0.2, 0) is 0 Å². The zero-order valence-electron chi connectivity index (χ0n) is 7.69. The Morgan fingerprint density at radius 3 is 2.57 bits per heavy atom. The Kier molecular flexibility index (Phi) is 2.63. The van der Waals surface area contributed by atoms with Crippen molar-refractivity contribution in [3.05, 3.63) is 29.8 Å². The quantitative estimate of drug-likeness (QED) is 0.756. The monoisotopic (exact) mass is 198 g/mol. The molecular formula is C10H12F2N2. The maximum Gasteiger partial charge on any atom is 0.149 e. The lowest BCUT2D eigenvalue weighted by Crippen LogP contribution is -2.23. The van der Waals surface area contributed by atoms with E-state index in [4.69, 9.17) is 0 Å². The molecule has 14 heavy (non-hydrogen) atoms. The molecule has 2 nitrogen and oxygen atoms in total. The van der Waals surface area contributed by atoms with Gasteiger partial charge in [0.05, 0.1) is 0 Å². The first-order chi connectivity index (χ1) is 6.77. The van der Waals surface area contributed by atoms with Gasteiger partial charge in [0.25, 0.3) is 0 Å². The zero-order valence-corrected chi connectivity index (χ0v) is 7.69. The highest BCUT2D eigenvalue weighted by Crippen LogP contribution is 2.20. The summed E-state index contributed by atoms with van der Waals surface area (Å²) in [4.78, 5) is 0. The van der Waals surface area contributed by atoms with Crippen molar-refractivity contribution < 1.29 is 8.78 Å². The second-order valence-corrected chi connectivity index (χ2v) is 3.43. The molecule has 1 heterocycles. The summed E-state index contributed by atoms with van der Waals surface area (Å²) >= 11 is 0. The predicted octanol–water partition coefficient (Wildman–Crippen LogP) is 1.74. The van der Waals surface area contributed by atoms with Crippen LogP contribution >= 0.6 is 0 Å². The van der Waals surface area contributed by atoms with Gasteiger partial charge >= 0.3 is 0 Å². The van der Waals surface area contributed by atoms with E-state index in [0.717, 1.165) is 19.5 Å². The van der Waals surface area contributed by atoms with Crippen molar-refractivity contribution in [2.45, 2.75) is 12.5 Å². The molecule has 1 aliphatic rings. The van der Waals surface area contributed by atoms with E-state index >= 15 is 0 Å². The second kappa shape index (κ2) is 3.92. The van der Waals surface area contributed by atoms with Crippen LogP contribution in [0.25, 0.3) is 0 Å². The molecule has 0 amide bonds. The molecule has 1 atom stereocenters. The molecule has 1 aromatic carbocycles. The Hall–Kier alpha value is -1.16. The first kappa shape index (κ1) is 9.40. The average molecular weight is 198 g/mol.